The molecular formula is C12H20N2O2S. The number of thiazole rings is 1. The fraction of sp³-hybridized carbons (Fsp3) is 0.750. The molecule has 4 nitrogen and oxygen atoms in total. The van der Waals surface area contributed by atoms with Gasteiger partial charge in [0, 0.05) is 24.2 Å². The fourth-order valence-electron chi connectivity index (χ4n) is 2.30. The first-order valence-electron chi connectivity index (χ1n) is 5.90. The predicted octanol–water partition coefficient (Wildman–Crippen LogP) is 1.42. The fourth-order valence-corrected chi connectivity index (χ4v) is 3.11. The number of aryl methyl sites for hydroxylation is 1. The van der Waals surface area contributed by atoms with Gasteiger partial charge in [0.25, 0.3) is 0 Å². The Morgan fingerprint density at radius 1 is 1.65 bits per heavy atom. The van der Waals surface area contributed by atoms with Crippen LogP contribution in [0.25, 0.3) is 0 Å². The van der Waals surface area contributed by atoms with Crippen LogP contribution in [0.4, 0.5) is 0 Å². The second-order valence-electron chi connectivity index (χ2n) is 5.23. The molecule has 2 heterocycles. The van der Waals surface area contributed by atoms with Crippen molar-refractivity contribution < 1.29 is 9.84 Å². The minimum Gasteiger partial charge on any atom is -0.394 e. The van der Waals surface area contributed by atoms with Gasteiger partial charge in [-0.2, -0.15) is 0 Å². The maximum atomic E-state index is 9.25. The molecule has 0 bridgehead atoms. The van der Waals surface area contributed by atoms with Crippen LogP contribution < -0.4 is 0 Å². The van der Waals surface area contributed by atoms with Crippen molar-refractivity contribution in [2.75, 3.05) is 19.7 Å². The molecule has 1 N–H and O–H groups in total. The zero-order chi connectivity index (χ0) is 12.5. The second-order valence-corrected chi connectivity index (χ2v) is 6.18. The average Bonchev–Trinajstić information content (AvgIpc) is 2.61. The van der Waals surface area contributed by atoms with Gasteiger partial charge in [0.1, 0.15) is 5.01 Å². The molecule has 0 amide bonds. The predicted molar refractivity (Wildman–Crippen MR) is 68.2 cm³/mol. The molecule has 2 rings (SSSR count). The van der Waals surface area contributed by atoms with Crippen LogP contribution in [0.2, 0.25) is 0 Å². The van der Waals surface area contributed by atoms with Gasteiger partial charge >= 0.3 is 0 Å². The van der Waals surface area contributed by atoms with Gasteiger partial charge in [0.15, 0.2) is 0 Å². The van der Waals surface area contributed by atoms with Gasteiger partial charge in [-0.25, -0.2) is 4.98 Å². The van der Waals surface area contributed by atoms with E-state index < -0.39 is 0 Å². The molecule has 1 aromatic heterocycles. The number of aliphatic hydroxyl groups is 1. The van der Waals surface area contributed by atoms with Crippen LogP contribution in [-0.2, 0) is 11.3 Å². The summed E-state index contributed by atoms with van der Waals surface area (Å²) in [4.78, 5) is 6.79. The standard InChI is InChI=1S/C12H20N2O2S/c1-9-7-17-11(13-9)5-14-4-10(6-15)16-12(2,3)8-14/h7,10,15H,4-6,8H2,1-3H3. The third kappa shape index (κ3) is 3.48. The number of nitrogens with zero attached hydrogens (tertiary/aromatic N) is 2. The van der Waals surface area contributed by atoms with Gasteiger partial charge < -0.3 is 9.84 Å². The molecule has 17 heavy (non-hydrogen) atoms. The summed E-state index contributed by atoms with van der Waals surface area (Å²) in [6.07, 6.45) is -0.0835. The topological polar surface area (TPSA) is 45.6 Å². The maximum Gasteiger partial charge on any atom is 0.107 e. The summed E-state index contributed by atoms with van der Waals surface area (Å²) in [6.45, 7) is 8.73. The lowest BCUT2D eigenvalue weighted by molar-refractivity contribution is -0.150. The lowest BCUT2D eigenvalue weighted by Crippen LogP contribution is -2.53. The highest BCUT2D eigenvalue weighted by molar-refractivity contribution is 7.09. The molecule has 0 spiro atoms. The summed E-state index contributed by atoms with van der Waals surface area (Å²) in [5.41, 5.74) is 0.883. The largest absolute Gasteiger partial charge is 0.394 e. The van der Waals surface area contributed by atoms with Crippen LogP contribution in [0.5, 0.6) is 0 Å². The number of hydrogen-bond donors (Lipinski definition) is 1. The summed E-state index contributed by atoms with van der Waals surface area (Å²) in [5, 5.41) is 12.5. The molecule has 0 saturated carbocycles. The molecule has 1 fully saturated rings. The summed E-state index contributed by atoms with van der Waals surface area (Å²) < 4.78 is 5.79. The van der Waals surface area contributed by atoms with E-state index >= 15 is 0 Å². The highest BCUT2D eigenvalue weighted by atomic mass is 32.1. The first kappa shape index (κ1) is 13.0. The Kier molecular flexibility index (Phi) is 3.82. The molecule has 0 aliphatic carbocycles. The van der Waals surface area contributed by atoms with Gasteiger partial charge in [-0.3, -0.25) is 4.90 Å². The third-order valence-corrected chi connectivity index (χ3v) is 3.73. The second kappa shape index (κ2) is 5.02. The molecule has 1 aromatic rings. The number of aromatic nitrogens is 1. The highest BCUT2D eigenvalue weighted by Gasteiger charge is 2.33. The molecule has 1 aliphatic rings. The van der Waals surface area contributed by atoms with E-state index in [4.69, 9.17) is 4.74 Å². The van der Waals surface area contributed by atoms with E-state index in [1.807, 2.05) is 6.92 Å². The smallest absolute Gasteiger partial charge is 0.107 e. The van der Waals surface area contributed by atoms with Crippen LogP contribution in [0.15, 0.2) is 5.38 Å². The van der Waals surface area contributed by atoms with Gasteiger partial charge in [-0.1, -0.05) is 0 Å². The summed E-state index contributed by atoms with van der Waals surface area (Å²) in [5.74, 6) is 0. The minimum atomic E-state index is -0.196. The van der Waals surface area contributed by atoms with Crippen LogP contribution in [0, 0.1) is 6.92 Å². The summed E-state index contributed by atoms with van der Waals surface area (Å²) in [6, 6.07) is 0. The monoisotopic (exact) mass is 256 g/mol. The van der Waals surface area contributed by atoms with Gasteiger partial charge in [0.05, 0.1) is 24.9 Å². The molecule has 1 unspecified atom stereocenters. The maximum absolute atomic E-state index is 9.25. The molecule has 5 heteroatoms. The molecule has 0 aromatic carbocycles. The number of aliphatic hydroxyl groups excluding tert-OH is 1. The Labute approximate surface area is 106 Å². The highest BCUT2D eigenvalue weighted by Crippen LogP contribution is 2.23. The molecule has 1 aliphatic heterocycles. The van der Waals surface area contributed by atoms with E-state index in [0.717, 1.165) is 30.3 Å². The number of morpholine rings is 1. The zero-order valence-corrected chi connectivity index (χ0v) is 11.5. The Balaban J connectivity index is 2.00. The molecule has 1 atom stereocenters. The van der Waals surface area contributed by atoms with Crippen molar-refractivity contribution in [1.82, 2.24) is 9.88 Å². The molecular weight excluding hydrogens is 236 g/mol. The van der Waals surface area contributed by atoms with Crippen molar-refractivity contribution in [3.8, 4) is 0 Å². The van der Waals surface area contributed by atoms with E-state index in [1.165, 1.54) is 0 Å². The Bertz CT molecular complexity index is 378. The number of ether oxygens (including phenoxy) is 1. The summed E-state index contributed by atoms with van der Waals surface area (Å²) >= 11 is 1.70. The van der Waals surface area contributed by atoms with E-state index in [0.29, 0.717) is 0 Å². The van der Waals surface area contributed by atoms with E-state index in [2.05, 4.69) is 29.1 Å². The SMILES string of the molecule is Cc1csc(CN2CC(CO)OC(C)(C)C2)n1. The minimum absolute atomic E-state index is 0.0802. The van der Waals surface area contributed by atoms with Crippen LogP contribution in [0.3, 0.4) is 0 Å². The van der Waals surface area contributed by atoms with Crippen molar-refractivity contribution in [2.45, 2.75) is 39.0 Å². The van der Waals surface area contributed by atoms with E-state index in [-0.39, 0.29) is 18.3 Å². The van der Waals surface area contributed by atoms with Crippen LogP contribution in [0.1, 0.15) is 24.5 Å². The van der Waals surface area contributed by atoms with Crippen molar-refractivity contribution in [3.63, 3.8) is 0 Å². The van der Waals surface area contributed by atoms with Crippen LogP contribution in [-0.4, -0.2) is 46.4 Å². The third-order valence-electron chi connectivity index (χ3n) is 2.78. The first-order chi connectivity index (χ1) is 7.98. The van der Waals surface area contributed by atoms with Crippen molar-refractivity contribution in [1.29, 1.82) is 0 Å². The normalized spacial score (nSPS) is 25.1. The van der Waals surface area contributed by atoms with Gasteiger partial charge in [-0.15, -0.1) is 11.3 Å². The van der Waals surface area contributed by atoms with E-state index in [1.54, 1.807) is 11.3 Å². The average molecular weight is 256 g/mol. The lowest BCUT2D eigenvalue weighted by atomic mass is 10.1. The number of rotatable bonds is 3. The van der Waals surface area contributed by atoms with Crippen molar-refractivity contribution in [2.24, 2.45) is 0 Å². The molecule has 0 radical (unpaired) electrons. The zero-order valence-electron chi connectivity index (χ0n) is 10.6. The van der Waals surface area contributed by atoms with Gasteiger partial charge in [0.2, 0.25) is 0 Å². The molecule has 96 valence electrons. The number of hydrogen-bond acceptors (Lipinski definition) is 5. The van der Waals surface area contributed by atoms with Crippen LogP contribution >= 0.6 is 11.3 Å². The Hall–Kier alpha value is -0.490. The summed E-state index contributed by atoms with van der Waals surface area (Å²) in [7, 11) is 0. The van der Waals surface area contributed by atoms with Gasteiger partial charge in [-0.05, 0) is 20.8 Å². The molecule has 1 saturated heterocycles. The first-order valence-corrected chi connectivity index (χ1v) is 6.78. The van der Waals surface area contributed by atoms with E-state index in [9.17, 15) is 5.11 Å². The van der Waals surface area contributed by atoms with Crippen molar-refractivity contribution in [3.05, 3.63) is 16.1 Å². The lowest BCUT2D eigenvalue weighted by Gasteiger charge is -2.42. The van der Waals surface area contributed by atoms with Crippen molar-refractivity contribution >= 4 is 11.3 Å². The Morgan fingerprint density at radius 3 is 3.00 bits per heavy atom. The Morgan fingerprint density at radius 2 is 2.41 bits per heavy atom. The quantitative estimate of drug-likeness (QED) is 0.888.